The van der Waals surface area contributed by atoms with Gasteiger partial charge >= 0.3 is 0 Å². The Bertz CT molecular complexity index is 488. The second-order valence-corrected chi connectivity index (χ2v) is 5.22. The molecule has 2 aliphatic rings. The molecule has 0 amide bonds. The number of fused-ring (bicyclic) bond motifs is 1. The minimum atomic E-state index is -0.569. The molecule has 1 N–H and O–H groups in total. The minimum absolute atomic E-state index is 0.0465. The first-order valence-corrected chi connectivity index (χ1v) is 6.78. The lowest BCUT2D eigenvalue weighted by Gasteiger charge is -2.37. The molecule has 2 fully saturated rings. The third-order valence-electron chi connectivity index (χ3n) is 4.04. The van der Waals surface area contributed by atoms with Gasteiger partial charge in [-0.2, -0.15) is 9.37 Å². The Morgan fingerprint density at radius 3 is 3.15 bits per heavy atom. The van der Waals surface area contributed by atoms with Gasteiger partial charge in [0.25, 0.3) is 5.88 Å². The zero-order valence-electron chi connectivity index (χ0n) is 11.3. The lowest BCUT2D eigenvalue weighted by molar-refractivity contribution is 0.0224. The van der Waals surface area contributed by atoms with Crippen LogP contribution in [0, 0.1) is 11.7 Å². The first-order chi connectivity index (χ1) is 9.72. The van der Waals surface area contributed by atoms with Gasteiger partial charge in [-0.05, 0) is 18.8 Å². The van der Waals surface area contributed by atoms with E-state index in [9.17, 15) is 9.50 Å². The van der Waals surface area contributed by atoms with Crippen LogP contribution in [0.3, 0.4) is 0 Å². The van der Waals surface area contributed by atoms with Crippen LogP contribution in [-0.2, 0) is 4.74 Å². The fourth-order valence-electron chi connectivity index (χ4n) is 3.07. The topological polar surface area (TPSA) is 67.7 Å². The molecule has 110 valence electrons. The van der Waals surface area contributed by atoms with Crippen LogP contribution in [0.5, 0.6) is 5.88 Å². The number of aromatic nitrogens is 2. The normalized spacial score (nSPS) is 29.4. The van der Waals surface area contributed by atoms with E-state index in [0.29, 0.717) is 19.1 Å². The summed E-state index contributed by atoms with van der Waals surface area (Å²) in [5.74, 6) is 0.0866. The van der Waals surface area contributed by atoms with Crippen molar-refractivity contribution in [2.24, 2.45) is 5.92 Å². The predicted molar refractivity (Wildman–Crippen MR) is 69.2 cm³/mol. The number of morpholine rings is 1. The molecule has 0 radical (unpaired) electrons. The predicted octanol–water partition coefficient (Wildman–Crippen LogP) is 0.600. The Kier molecular flexibility index (Phi) is 3.71. The number of nitrogens with zero attached hydrogens (tertiary/aromatic N) is 3. The molecule has 1 aromatic heterocycles. The lowest BCUT2D eigenvalue weighted by atomic mass is 10.1. The van der Waals surface area contributed by atoms with Crippen molar-refractivity contribution in [2.45, 2.75) is 25.0 Å². The van der Waals surface area contributed by atoms with Gasteiger partial charge in [-0.3, -0.25) is 0 Å². The van der Waals surface area contributed by atoms with E-state index in [-0.39, 0.29) is 30.6 Å². The summed E-state index contributed by atoms with van der Waals surface area (Å²) in [7, 11) is 1.38. The van der Waals surface area contributed by atoms with Crippen molar-refractivity contribution >= 4 is 5.95 Å². The zero-order chi connectivity index (χ0) is 14.1. The van der Waals surface area contributed by atoms with Crippen LogP contribution in [0.4, 0.5) is 10.3 Å². The van der Waals surface area contributed by atoms with E-state index in [4.69, 9.17) is 9.47 Å². The Hall–Kier alpha value is -1.47. The van der Waals surface area contributed by atoms with Crippen LogP contribution in [0.1, 0.15) is 12.8 Å². The van der Waals surface area contributed by atoms with Crippen molar-refractivity contribution in [1.82, 2.24) is 9.97 Å². The van der Waals surface area contributed by atoms with Gasteiger partial charge in [0.15, 0.2) is 0 Å². The molecule has 6 nitrogen and oxygen atoms in total. The number of hydrogen-bond acceptors (Lipinski definition) is 6. The van der Waals surface area contributed by atoms with Gasteiger partial charge in [0, 0.05) is 13.2 Å². The quantitative estimate of drug-likeness (QED) is 0.876. The maximum atomic E-state index is 13.4. The van der Waals surface area contributed by atoms with E-state index in [1.54, 1.807) is 0 Å². The first-order valence-electron chi connectivity index (χ1n) is 6.78. The van der Waals surface area contributed by atoms with Gasteiger partial charge in [-0.15, -0.1) is 0 Å². The van der Waals surface area contributed by atoms with Crippen molar-refractivity contribution in [3.8, 4) is 5.88 Å². The molecule has 7 heteroatoms. The van der Waals surface area contributed by atoms with Gasteiger partial charge in [-0.1, -0.05) is 0 Å². The maximum absolute atomic E-state index is 13.4. The highest BCUT2D eigenvalue weighted by Crippen LogP contribution is 2.35. The Labute approximate surface area is 116 Å². The van der Waals surface area contributed by atoms with Gasteiger partial charge in [0.05, 0.1) is 32.1 Å². The molecular weight excluding hydrogens is 265 g/mol. The van der Waals surface area contributed by atoms with Gasteiger partial charge < -0.3 is 19.5 Å². The molecule has 3 atom stereocenters. The third kappa shape index (κ3) is 2.31. The second-order valence-electron chi connectivity index (χ2n) is 5.22. The number of ether oxygens (including phenoxy) is 2. The van der Waals surface area contributed by atoms with Crippen molar-refractivity contribution in [3.05, 3.63) is 12.0 Å². The second kappa shape index (κ2) is 5.49. The highest BCUT2D eigenvalue weighted by molar-refractivity contribution is 5.36. The molecule has 2 heterocycles. The fourth-order valence-corrected chi connectivity index (χ4v) is 3.07. The Balaban J connectivity index is 1.85. The Morgan fingerprint density at radius 1 is 1.55 bits per heavy atom. The molecular formula is C13H18FN3O3. The molecule has 0 aromatic carbocycles. The fraction of sp³-hybridized carbons (Fsp3) is 0.692. The van der Waals surface area contributed by atoms with Crippen LogP contribution < -0.4 is 9.64 Å². The van der Waals surface area contributed by atoms with Crippen molar-refractivity contribution in [1.29, 1.82) is 0 Å². The SMILES string of the molecule is COc1nc(N2CCO[C@H]3C[C@H](CO)C[C@@H]32)ncc1F. The number of halogens is 1. The van der Waals surface area contributed by atoms with Crippen molar-refractivity contribution in [3.63, 3.8) is 0 Å². The number of aliphatic hydroxyl groups excluding tert-OH is 1. The molecule has 3 rings (SSSR count). The first kappa shape index (κ1) is 13.5. The van der Waals surface area contributed by atoms with E-state index in [1.807, 2.05) is 4.90 Å². The molecule has 1 aliphatic heterocycles. The zero-order valence-corrected chi connectivity index (χ0v) is 11.3. The summed E-state index contributed by atoms with van der Waals surface area (Å²) >= 11 is 0. The largest absolute Gasteiger partial charge is 0.479 e. The smallest absolute Gasteiger partial charge is 0.255 e. The maximum Gasteiger partial charge on any atom is 0.255 e. The third-order valence-corrected chi connectivity index (χ3v) is 4.04. The van der Waals surface area contributed by atoms with Crippen LogP contribution in [0.2, 0.25) is 0 Å². The van der Waals surface area contributed by atoms with E-state index in [0.717, 1.165) is 19.0 Å². The van der Waals surface area contributed by atoms with E-state index in [1.165, 1.54) is 7.11 Å². The van der Waals surface area contributed by atoms with Gasteiger partial charge in [0.2, 0.25) is 11.8 Å². The highest BCUT2D eigenvalue weighted by Gasteiger charge is 2.41. The molecule has 0 bridgehead atoms. The molecule has 0 spiro atoms. The number of anilines is 1. The molecule has 1 aromatic rings. The van der Waals surface area contributed by atoms with Crippen molar-refractivity contribution < 1.29 is 19.0 Å². The minimum Gasteiger partial charge on any atom is -0.479 e. The van der Waals surface area contributed by atoms with E-state index >= 15 is 0 Å². The van der Waals surface area contributed by atoms with Crippen LogP contribution >= 0.6 is 0 Å². The summed E-state index contributed by atoms with van der Waals surface area (Å²) in [5, 5.41) is 9.31. The molecule has 0 unspecified atom stereocenters. The molecule has 1 saturated carbocycles. The monoisotopic (exact) mass is 283 g/mol. The summed E-state index contributed by atoms with van der Waals surface area (Å²) < 4.78 is 24.1. The highest BCUT2D eigenvalue weighted by atomic mass is 19.1. The number of methoxy groups -OCH3 is 1. The summed E-state index contributed by atoms with van der Waals surface area (Å²) in [6.07, 6.45) is 2.89. The average molecular weight is 283 g/mol. The summed E-state index contributed by atoms with van der Waals surface area (Å²) in [6, 6.07) is 0.135. The number of hydrogen-bond donors (Lipinski definition) is 1. The number of rotatable bonds is 3. The molecule has 1 aliphatic carbocycles. The van der Waals surface area contributed by atoms with Crippen LogP contribution in [0.15, 0.2) is 6.20 Å². The summed E-state index contributed by atoms with van der Waals surface area (Å²) in [5.41, 5.74) is 0. The molecule has 1 saturated heterocycles. The lowest BCUT2D eigenvalue weighted by Crippen LogP contribution is -2.49. The van der Waals surface area contributed by atoms with Crippen LogP contribution in [0.25, 0.3) is 0 Å². The number of aliphatic hydroxyl groups is 1. The van der Waals surface area contributed by atoms with E-state index in [2.05, 4.69) is 9.97 Å². The Morgan fingerprint density at radius 2 is 2.40 bits per heavy atom. The van der Waals surface area contributed by atoms with E-state index < -0.39 is 5.82 Å². The van der Waals surface area contributed by atoms with Crippen molar-refractivity contribution in [2.75, 3.05) is 31.8 Å². The standard InChI is InChI=1S/C13H18FN3O3/c1-19-12-9(14)6-15-13(16-12)17-2-3-20-11-5-8(7-18)4-10(11)17/h6,8,10-11,18H,2-5,7H2,1H3/t8-,10+,11+/m1/s1. The molecule has 20 heavy (non-hydrogen) atoms. The van der Waals surface area contributed by atoms with Crippen LogP contribution in [-0.4, -0.2) is 54.1 Å². The van der Waals surface area contributed by atoms with Gasteiger partial charge in [-0.25, -0.2) is 4.98 Å². The summed E-state index contributed by atoms with van der Waals surface area (Å²) in [6.45, 7) is 1.41. The average Bonchev–Trinajstić information content (AvgIpc) is 2.91. The van der Waals surface area contributed by atoms with Gasteiger partial charge in [0.1, 0.15) is 0 Å². The summed E-state index contributed by atoms with van der Waals surface area (Å²) in [4.78, 5) is 10.2.